The number of amides is 2. The van der Waals surface area contributed by atoms with Crippen molar-refractivity contribution in [2.45, 2.75) is 18.9 Å². The van der Waals surface area contributed by atoms with Crippen molar-refractivity contribution in [2.24, 2.45) is 5.92 Å². The second kappa shape index (κ2) is 9.15. The van der Waals surface area contributed by atoms with Gasteiger partial charge in [-0.3, -0.25) is 9.59 Å². The summed E-state index contributed by atoms with van der Waals surface area (Å²) >= 11 is 3.39. The maximum absolute atomic E-state index is 12.1. The van der Waals surface area contributed by atoms with Gasteiger partial charge in [0.2, 0.25) is 11.8 Å². The van der Waals surface area contributed by atoms with Gasteiger partial charge in [-0.25, -0.2) is 0 Å². The molecule has 0 saturated carbocycles. The third-order valence-electron chi connectivity index (χ3n) is 4.16. The number of benzene rings is 1. The highest BCUT2D eigenvalue weighted by atomic mass is 79.9. The third-order valence-corrected chi connectivity index (χ3v) is 4.69. The summed E-state index contributed by atoms with van der Waals surface area (Å²) in [6.45, 7) is 1.11. The predicted octanol–water partition coefficient (Wildman–Crippen LogP) is 0.964. The van der Waals surface area contributed by atoms with Crippen molar-refractivity contribution in [3.05, 3.63) is 34.3 Å². The first-order valence-corrected chi connectivity index (χ1v) is 8.77. The van der Waals surface area contributed by atoms with Gasteiger partial charge in [0.25, 0.3) is 0 Å². The molecule has 2 N–H and O–H groups in total. The minimum absolute atomic E-state index is 0.00403. The number of hydrogen-bond donors (Lipinski definition) is 2. The second-order valence-corrected chi connectivity index (χ2v) is 6.85. The van der Waals surface area contributed by atoms with E-state index in [1.54, 1.807) is 11.9 Å². The molecule has 6 nitrogen and oxygen atoms in total. The number of likely N-dealkylation sites (tertiary alicyclic amines) is 1. The van der Waals surface area contributed by atoms with Crippen molar-refractivity contribution in [3.63, 3.8) is 0 Å². The molecule has 1 aliphatic rings. The molecule has 1 fully saturated rings. The quantitative estimate of drug-likeness (QED) is 0.670. The smallest absolute Gasteiger partial charge is 0.248 e. The van der Waals surface area contributed by atoms with Crippen LogP contribution in [0.15, 0.2) is 28.7 Å². The van der Waals surface area contributed by atoms with Crippen LogP contribution in [0.2, 0.25) is 0 Å². The number of nitrogens with zero attached hydrogens (tertiary/aromatic N) is 1. The molecule has 0 spiro atoms. The Morgan fingerprint density at radius 1 is 1.33 bits per heavy atom. The number of nitrogens with one attached hydrogen (secondary N) is 1. The van der Waals surface area contributed by atoms with Crippen molar-refractivity contribution < 1.29 is 19.4 Å². The average molecular weight is 399 g/mol. The Morgan fingerprint density at radius 2 is 2.04 bits per heavy atom. The van der Waals surface area contributed by atoms with Crippen molar-refractivity contribution in [3.8, 4) is 0 Å². The molecule has 24 heavy (non-hydrogen) atoms. The molecule has 1 saturated heterocycles. The summed E-state index contributed by atoms with van der Waals surface area (Å²) in [7, 11) is 1.56. The van der Waals surface area contributed by atoms with Crippen LogP contribution in [0.5, 0.6) is 0 Å². The molecule has 0 radical (unpaired) electrons. The summed E-state index contributed by atoms with van der Waals surface area (Å²) in [5.41, 5.74) is 1.15. The summed E-state index contributed by atoms with van der Waals surface area (Å²) in [6.07, 6.45) is 0.308. The zero-order valence-corrected chi connectivity index (χ0v) is 15.3. The lowest BCUT2D eigenvalue weighted by atomic mass is 10.0. The summed E-state index contributed by atoms with van der Waals surface area (Å²) < 4.78 is 6.48. The first kappa shape index (κ1) is 18.9. The zero-order valence-electron chi connectivity index (χ0n) is 13.7. The van der Waals surface area contributed by atoms with Crippen molar-refractivity contribution in [1.82, 2.24) is 10.2 Å². The summed E-state index contributed by atoms with van der Waals surface area (Å²) in [6, 6.07) is 7.96. The fraction of sp³-hybridized carbons (Fsp3) is 0.529. The van der Waals surface area contributed by atoms with E-state index in [-0.39, 0.29) is 37.3 Å². The molecule has 2 amide bonds. The van der Waals surface area contributed by atoms with Crippen molar-refractivity contribution in [2.75, 3.05) is 33.4 Å². The number of aliphatic hydroxyl groups is 1. The number of hydrogen-bond acceptors (Lipinski definition) is 4. The Hall–Kier alpha value is -1.44. The second-order valence-electron chi connectivity index (χ2n) is 5.93. The van der Waals surface area contributed by atoms with Crippen LogP contribution in [-0.4, -0.2) is 61.3 Å². The molecule has 132 valence electrons. The lowest BCUT2D eigenvalue weighted by molar-refractivity contribution is -0.135. The molecule has 7 heteroatoms. The molecule has 2 atom stereocenters. The third kappa shape index (κ3) is 5.58. The summed E-state index contributed by atoms with van der Waals surface area (Å²) in [5, 5.41) is 12.5. The van der Waals surface area contributed by atoms with Crippen molar-refractivity contribution in [1.29, 1.82) is 0 Å². The van der Waals surface area contributed by atoms with Crippen LogP contribution in [0.25, 0.3) is 0 Å². The average Bonchev–Trinajstić information content (AvgIpc) is 2.93. The summed E-state index contributed by atoms with van der Waals surface area (Å²) in [4.78, 5) is 25.1. The van der Waals surface area contributed by atoms with Gasteiger partial charge in [-0.15, -0.1) is 0 Å². The minimum Gasteiger partial charge on any atom is -0.391 e. The lowest BCUT2D eigenvalue weighted by Crippen LogP contribution is -2.33. The van der Waals surface area contributed by atoms with Crippen LogP contribution in [0.3, 0.4) is 0 Å². The van der Waals surface area contributed by atoms with Crippen molar-refractivity contribution >= 4 is 27.7 Å². The number of carbonyl (C=O) groups excluding carboxylic acids is 2. The van der Waals surface area contributed by atoms with Gasteiger partial charge in [-0.2, -0.15) is 0 Å². The molecule has 1 heterocycles. The van der Waals surface area contributed by atoms with Gasteiger partial charge in [0.1, 0.15) is 6.61 Å². The van der Waals surface area contributed by atoms with Gasteiger partial charge in [-0.05, 0) is 24.1 Å². The van der Waals surface area contributed by atoms with E-state index in [9.17, 15) is 14.7 Å². The highest BCUT2D eigenvalue weighted by Gasteiger charge is 2.34. The number of halogens is 1. The molecular formula is C17H23BrN2O4. The monoisotopic (exact) mass is 398 g/mol. The molecule has 1 aliphatic heterocycles. The molecule has 1 aromatic rings. The van der Waals surface area contributed by atoms with E-state index in [2.05, 4.69) is 21.2 Å². The zero-order chi connectivity index (χ0) is 17.5. The van der Waals surface area contributed by atoms with Gasteiger partial charge in [0, 0.05) is 36.9 Å². The predicted molar refractivity (Wildman–Crippen MR) is 93.4 cm³/mol. The van der Waals surface area contributed by atoms with Gasteiger partial charge in [0.15, 0.2) is 0 Å². The van der Waals surface area contributed by atoms with E-state index in [1.807, 2.05) is 24.3 Å². The SMILES string of the molecule is CNC(=O)C[C@@H]1CN(C(=O)COCCc2ccc(Br)cc2)C[C@H]1O. The highest BCUT2D eigenvalue weighted by molar-refractivity contribution is 9.10. The van der Waals surface area contributed by atoms with Gasteiger partial charge >= 0.3 is 0 Å². The van der Waals surface area contributed by atoms with Crippen LogP contribution < -0.4 is 5.32 Å². The molecule has 0 unspecified atom stereocenters. The Morgan fingerprint density at radius 3 is 2.71 bits per heavy atom. The number of rotatable bonds is 7. The standard InChI is InChI=1S/C17H23BrN2O4/c1-19-16(22)8-13-9-20(10-15(13)21)17(23)11-24-7-6-12-2-4-14(18)5-3-12/h2-5,13,15,21H,6-11H2,1H3,(H,19,22)/t13-,15-/m1/s1. The number of aliphatic hydroxyl groups excluding tert-OH is 1. The molecular weight excluding hydrogens is 376 g/mol. The number of carbonyl (C=O) groups is 2. The van der Waals surface area contributed by atoms with Crippen LogP contribution >= 0.6 is 15.9 Å². The first-order valence-electron chi connectivity index (χ1n) is 7.98. The first-order chi connectivity index (χ1) is 11.5. The topological polar surface area (TPSA) is 78.9 Å². The fourth-order valence-corrected chi connectivity index (χ4v) is 2.95. The summed E-state index contributed by atoms with van der Waals surface area (Å²) in [5.74, 6) is -0.486. The number of ether oxygens (including phenoxy) is 1. The van der Waals surface area contributed by atoms with E-state index >= 15 is 0 Å². The molecule has 0 aliphatic carbocycles. The fourth-order valence-electron chi connectivity index (χ4n) is 2.69. The van der Waals surface area contributed by atoms with Crippen LogP contribution in [0.1, 0.15) is 12.0 Å². The van der Waals surface area contributed by atoms with E-state index in [4.69, 9.17) is 4.74 Å². The minimum atomic E-state index is -0.658. The molecule has 0 aromatic heterocycles. The van der Waals surface area contributed by atoms with Crippen LogP contribution in [0, 0.1) is 5.92 Å². The van der Waals surface area contributed by atoms with E-state index in [0.29, 0.717) is 13.2 Å². The highest BCUT2D eigenvalue weighted by Crippen LogP contribution is 2.20. The van der Waals surface area contributed by atoms with Gasteiger partial charge < -0.3 is 20.1 Å². The Balaban J connectivity index is 1.69. The molecule has 2 rings (SSSR count). The van der Waals surface area contributed by atoms with E-state index < -0.39 is 6.10 Å². The Kier molecular flexibility index (Phi) is 7.20. The van der Waals surface area contributed by atoms with Crippen LogP contribution in [0.4, 0.5) is 0 Å². The Bertz CT molecular complexity index is 564. The number of β-amino-alcohol motifs (C(OH)–C–C–N with tert-alkyl or cyclic N) is 1. The van der Waals surface area contributed by atoms with E-state index in [0.717, 1.165) is 16.5 Å². The van der Waals surface area contributed by atoms with E-state index in [1.165, 1.54) is 0 Å². The van der Waals surface area contributed by atoms with Gasteiger partial charge in [0.05, 0.1) is 12.7 Å². The molecule has 0 bridgehead atoms. The largest absolute Gasteiger partial charge is 0.391 e. The maximum Gasteiger partial charge on any atom is 0.248 e. The molecule has 1 aromatic carbocycles. The Labute approximate surface area is 150 Å². The lowest BCUT2D eigenvalue weighted by Gasteiger charge is -2.16. The van der Waals surface area contributed by atoms with Crippen LogP contribution in [-0.2, 0) is 20.7 Å². The van der Waals surface area contributed by atoms with Gasteiger partial charge in [-0.1, -0.05) is 28.1 Å². The maximum atomic E-state index is 12.1. The normalized spacial score (nSPS) is 20.2.